The molecule has 0 aromatic carbocycles. The Morgan fingerprint density at radius 3 is 2.46 bits per heavy atom. The zero-order chi connectivity index (χ0) is 10.7. The van der Waals surface area contributed by atoms with Crippen LogP contribution in [0.4, 0.5) is 0 Å². The number of rotatable bonds is 5. The first-order valence-electron chi connectivity index (χ1n) is 3.88. The fourth-order valence-corrected chi connectivity index (χ4v) is 0.622. The largest absolute Gasteiger partial charge is 0.480 e. The molecule has 0 aliphatic carbocycles. The number of hydrogen-bond donors (Lipinski definition) is 4. The standard InChI is InChI=1S/C6H14N2O2.CH3NO/c1-8-4-2-3-5(7)6(9)10;2-1-3/h5,8H,2-4,7H2,1H3,(H,9,10);1H,(H2,2,3). The lowest BCUT2D eigenvalue weighted by molar-refractivity contribution is -0.138. The van der Waals surface area contributed by atoms with E-state index in [4.69, 9.17) is 15.6 Å². The Bertz CT molecular complexity index is 141. The second-order valence-electron chi connectivity index (χ2n) is 2.33. The van der Waals surface area contributed by atoms with Gasteiger partial charge in [-0.25, -0.2) is 0 Å². The second-order valence-corrected chi connectivity index (χ2v) is 2.33. The van der Waals surface area contributed by atoms with Crippen LogP contribution in [0.5, 0.6) is 0 Å². The molecule has 6 nitrogen and oxygen atoms in total. The molecule has 78 valence electrons. The van der Waals surface area contributed by atoms with Gasteiger partial charge in [0.15, 0.2) is 0 Å². The maximum atomic E-state index is 10.1. The minimum absolute atomic E-state index is 0.250. The molecule has 0 rings (SSSR count). The molecular weight excluding hydrogens is 174 g/mol. The van der Waals surface area contributed by atoms with Crippen LogP contribution in [-0.2, 0) is 9.59 Å². The fraction of sp³-hybridized carbons (Fsp3) is 0.714. The predicted octanol–water partition coefficient (Wildman–Crippen LogP) is -1.50. The summed E-state index contributed by atoms with van der Waals surface area (Å²) >= 11 is 0. The minimum atomic E-state index is -0.920. The van der Waals surface area contributed by atoms with Gasteiger partial charge in [0.1, 0.15) is 6.04 Å². The van der Waals surface area contributed by atoms with E-state index in [0.29, 0.717) is 6.42 Å². The Labute approximate surface area is 77.3 Å². The first-order valence-corrected chi connectivity index (χ1v) is 3.88. The van der Waals surface area contributed by atoms with Crippen molar-refractivity contribution in [2.24, 2.45) is 11.5 Å². The summed E-state index contributed by atoms with van der Waals surface area (Å²) in [5.41, 5.74) is 9.40. The van der Waals surface area contributed by atoms with Crippen molar-refractivity contribution in [3.8, 4) is 0 Å². The van der Waals surface area contributed by atoms with Crippen LogP contribution in [0.15, 0.2) is 0 Å². The van der Waals surface area contributed by atoms with Gasteiger partial charge >= 0.3 is 5.97 Å². The van der Waals surface area contributed by atoms with Gasteiger partial charge in [0.25, 0.3) is 0 Å². The van der Waals surface area contributed by atoms with Crippen LogP contribution in [0.2, 0.25) is 0 Å². The number of carbonyl (C=O) groups is 2. The summed E-state index contributed by atoms with van der Waals surface area (Å²) in [6.45, 7) is 0.820. The summed E-state index contributed by atoms with van der Waals surface area (Å²) in [5, 5.41) is 11.2. The zero-order valence-corrected chi connectivity index (χ0v) is 7.69. The Kier molecular flexibility index (Phi) is 12.0. The van der Waals surface area contributed by atoms with E-state index >= 15 is 0 Å². The molecule has 1 atom stereocenters. The number of carbonyl (C=O) groups excluding carboxylic acids is 1. The maximum Gasteiger partial charge on any atom is 0.320 e. The molecule has 0 aliphatic rings. The normalized spacial score (nSPS) is 10.9. The van der Waals surface area contributed by atoms with Crippen LogP contribution >= 0.6 is 0 Å². The van der Waals surface area contributed by atoms with Crippen LogP contribution in [0.25, 0.3) is 0 Å². The lowest BCUT2D eigenvalue weighted by Crippen LogP contribution is -2.30. The van der Waals surface area contributed by atoms with E-state index in [-0.39, 0.29) is 6.41 Å². The second kappa shape index (κ2) is 10.9. The molecule has 0 heterocycles. The quantitative estimate of drug-likeness (QED) is 0.311. The van der Waals surface area contributed by atoms with Gasteiger partial charge in [-0.3, -0.25) is 9.59 Å². The highest BCUT2D eigenvalue weighted by Crippen LogP contribution is 1.92. The number of carboxylic acids is 1. The van der Waals surface area contributed by atoms with E-state index in [0.717, 1.165) is 13.0 Å². The van der Waals surface area contributed by atoms with E-state index < -0.39 is 12.0 Å². The molecule has 6 heteroatoms. The lowest BCUT2D eigenvalue weighted by atomic mass is 10.2. The first-order chi connectivity index (χ1) is 6.09. The third-order valence-corrected chi connectivity index (χ3v) is 1.26. The summed E-state index contributed by atoms with van der Waals surface area (Å²) in [4.78, 5) is 18.7. The van der Waals surface area contributed by atoms with E-state index in [1.165, 1.54) is 0 Å². The first kappa shape index (κ1) is 14.4. The molecule has 0 saturated heterocycles. The molecule has 0 aromatic rings. The molecule has 0 saturated carbocycles. The molecule has 0 aliphatic heterocycles. The lowest BCUT2D eigenvalue weighted by Gasteiger charge is -2.04. The van der Waals surface area contributed by atoms with Crippen molar-refractivity contribution in [2.45, 2.75) is 18.9 Å². The average Bonchev–Trinajstić information content (AvgIpc) is 2.06. The third kappa shape index (κ3) is 13.8. The van der Waals surface area contributed by atoms with Crippen molar-refractivity contribution in [3.05, 3.63) is 0 Å². The highest BCUT2D eigenvalue weighted by atomic mass is 16.4. The van der Waals surface area contributed by atoms with Crippen LogP contribution in [-0.4, -0.2) is 37.1 Å². The number of aliphatic carboxylic acids is 1. The molecule has 13 heavy (non-hydrogen) atoms. The smallest absolute Gasteiger partial charge is 0.320 e. The van der Waals surface area contributed by atoms with E-state index in [1.807, 2.05) is 7.05 Å². The number of carboxylic acid groups (broad SMARTS) is 1. The monoisotopic (exact) mass is 191 g/mol. The molecular formula is C7H17N3O3. The molecule has 0 bridgehead atoms. The van der Waals surface area contributed by atoms with Crippen molar-refractivity contribution >= 4 is 12.4 Å². The van der Waals surface area contributed by atoms with Gasteiger partial charge < -0.3 is 21.9 Å². The summed E-state index contributed by atoms with van der Waals surface area (Å²) in [7, 11) is 1.83. The van der Waals surface area contributed by atoms with Crippen molar-refractivity contribution < 1.29 is 14.7 Å². The fourth-order valence-electron chi connectivity index (χ4n) is 0.622. The van der Waals surface area contributed by atoms with Crippen molar-refractivity contribution in [2.75, 3.05) is 13.6 Å². The predicted molar refractivity (Wildman–Crippen MR) is 49.0 cm³/mol. The van der Waals surface area contributed by atoms with E-state index in [1.54, 1.807) is 0 Å². The van der Waals surface area contributed by atoms with Gasteiger partial charge in [-0.05, 0) is 26.4 Å². The Morgan fingerprint density at radius 1 is 1.69 bits per heavy atom. The number of primary amides is 1. The summed E-state index contributed by atoms with van der Waals surface area (Å²) < 4.78 is 0. The highest BCUT2D eigenvalue weighted by molar-refractivity contribution is 5.72. The SMILES string of the molecule is CNCCCC(N)C(=O)O.NC=O. The minimum Gasteiger partial charge on any atom is -0.480 e. The Hall–Kier alpha value is -1.14. The van der Waals surface area contributed by atoms with Crippen molar-refractivity contribution in [1.82, 2.24) is 5.32 Å². The maximum absolute atomic E-state index is 10.1. The summed E-state index contributed by atoms with van der Waals surface area (Å²) in [5.74, 6) is -0.920. The average molecular weight is 191 g/mol. The molecule has 1 unspecified atom stereocenters. The van der Waals surface area contributed by atoms with Gasteiger partial charge in [0, 0.05) is 0 Å². The third-order valence-electron chi connectivity index (χ3n) is 1.26. The topological polar surface area (TPSA) is 118 Å². The molecule has 0 spiro atoms. The Morgan fingerprint density at radius 2 is 2.15 bits per heavy atom. The number of nitrogens with one attached hydrogen (secondary N) is 1. The molecule has 0 aromatic heterocycles. The summed E-state index contributed by atoms with van der Waals surface area (Å²) in [6.07, 6.45) is 1.60. The summed E-state index contributed by atoms with van der Waals surface area (Å²) in [6, 6.07) is -0.701. The number of hydrogen-bond acceptors (Lipinski definition) is 4. The van der Waals surface area contributed by atoms with Crippen molar-refractivity contribution in [1.29, 1.82) is 0 Å². The molecule has 0 fully saturated rings. The van der Waals surface area contributed by atoms with Crippen LogP contribution in [0.1, 0.15) is 12.8 Å². The van der Waals surface area contributed by atoms with Crippen molar-refractivity contribution in [3.63, 3.8) is 0 Å². The van der Waals surface area contributed by atoms with Gasteiger partial charge in [-0.1, -0.05) is 0 Å². The number of amides is 1. The number of nitrogens with two attached hydrogens (primary N) is 2. The molecule has 0 radical (unpaired) electrons. The van der Waals surface area contributed by atoms with Gasteiger partial charge in [-0.15, -0.1) is 0 Å². The van der Waals surface area contributed by atoms with Crippen LogP contribution in [0.3, 0.4) is 0 Å². The van der Waals surface area contributed by atoms with Crippen LogP contribution in [0, 0.1) is 0 Å². The van der Waals surface area contributed by atoms with E-state index in [9.17, 15) is 4.79 Å². The van der Waals surface area contributed by atoms with Gasteiger partial charge in [0.05, 0.1) is 0 Å². The van der Waals surface area contributed by atoms with Crippen LogP contribution < -0.4 is 16.8 Å². The zero-order valence-electron chi connectivity index (χ0n) is 7.69. The van der Waals surface area contributed by atoms with Gasteiger partial charge in [0.2, 0.25) is 6.41 Å². The van der Waals surface area contributed by atoms with Gasteiger partial charge in [-0.2, -0.15) is 0 Å². The Balaban J connectivity index is 0. The van der Waals surface area contributed by atoms with E-state index in [2.05, 4.69) is 11.1 Å². The highest BCUT2D eigenvalue weighted by Gasteiger charge is 2.09. The molecule has 6 N–H and O–H groups in total. The molecule has 1 amide bonds.